The van der Waals surface area contributed by atoms with Gasteiger partial charge in [0.05, 0.1) is 5.38 Å². The Bertz CT molecular complexity index is 586. The average molecular weight is 383 g/mol. The van der Waals surface area contributed by atoms with E-state index in [0.29, 0.717) is 11.6 Å². The van der Waals surface area contributed by atoms with Crippen LogP contribution in [0.2, 0.25) is 0 Å². The van der Waals surface area contributed by atoms with Crippen molar-refractivity contribution in [1.82, 2.24) is 0 Å². The van der Waals surface area contributed by atoms with E-state index in [9.17, 15) is 13.2 Å². The van der Waals surface area contributed by atoms with E-state index < -0.39 is 22.8 Å². The van der Waals surface area contributed by atoms with Crippen molar-refractivity contribution in [2.24, 2.45) is 0 Å². The summed E-state index contributed by atoms with van der Waals surface area (Å²) in [6, 6.07) is 8.40. The molecule has 0 saturated heterocycles. The van der Waals surface area contributed by atoms with Crippen LogP contribution in [0.15, 0.2) is 36.4 Å². The minimum Gasteiger partial charge on any atom is -0.207 e. The highest BCUT2D eigenvalue weighted by Crippen LogP contribution is 2.32. The Labute approximate surface area is 121 Å². The van der Waals surface area contributed by atoms with Gasteiger partial charge >= 0.3 is 0 Å². The van der Waals surface area contributed by atoms with Crippen LogP contribution in [-0.2, 0) is 0 Å². The highest BCUT2D eigenvalue weighted by atomic mass is 127. The van der Waals surface area contributed by atoms with Crippen LogP contribution in [0.5, 0.6) is 0 Å². The lowest BCUT2D eigenvalue weighted by atomic mass is 10.0. The molecule has 0 aliphatic rings. The fourth-order valence-corrected chi connectivity index (χ4v) is 2.45. The number of rotatable bonds is 2. The van der Waals surface area contributed by atoms with Gasteiger partial charge in [-0.1, -0.05) is 12.1 Å². The van der Waals surface area contributed by atoms with Crippen molar-refractivity contribution in [3.63, 3.8) is 0 Å². The van der Waals surface area contributed by atoms with Gasteiger partial charge in [0.15, 0.2) is 11.6 Å². The quantitative estimate of drug-likeness (QED) is 0.388. The van der Waals surface area contributed by atoms with Crippen LogP contribution in [0, 0.1) is 21.0 Å². The molecular formula is C13H7ClF3I. The van der Waals surface area contributed by atoms with E-state index in [0.717, 1.165) is 9.64 Å². The van der Waals surface area contributed by atoms with Crippen molar-refractivity contribution in [3.05, 3.63) is 68.5 Å². The summed E-state index contributed by atoms with van der Waals surface area (Å²) in [6.45, 7) is 0. The predicted octanol–water partition coefficient (Wildman–Crippen LogP) is 5.04. The van der Waals surface area contributed by atoms with Crippen LogP contribution < -0.4 is 0 Å². The molecule has 0 bridgehead atoms. The maximum atomic E-state index is 13.6. The van der Waals surface area contributed by atoms with Crippen molar-refractivity contribution >= 4 is 34.2 Å². The molecule has 0 nitrogen and oxygen atoms in total. The number of hydrogen-bond donors (Lipinski definition) is 0. The second-order valence-corrected chi connectivity index (χ2v) is 5.39. The van der Waals surface area contributed by atoms with Gasteiger partial charge in [-0.2, -0.15) is 0 Å². The molecule has 2 aromatic carbocycles. The van der Waals surface area contributed by atoms with E-state index in [-0.39, 0.29) is 5.56 Å². The summed E-state index contributed by atoms with van der Waals surface area (Å²) in [5, 5.41) is -0.852. The molecule has 0 aliphatic heterocycles. The molecule has 0 radical (unpaired) electrons. The third kappa shape index (κ3) is 2.80. The van der Waals surface area contributed by atoms with Gasteiger partial charge in [0.1, 0.15) is 5.82 Å². The van der Waals surface area contributed by atoms with Crippen LogP contribution in [0.3, 0.4) is 0 Å². The lowest BCUT2D eigenvalue weighted by molar-refractivity contribution is 0.490. The van der Waals surface area contributed by atoms with Crippen LogP contribution in [0.25, 0.3) is 0 Å². The third-order valence-electron chi connectivity index (χ3n) is 2.45. The Hall–Kier alpha value is -0.750. The molecule has 0 aliphatic carbocycles. The Morgan fingerprint density at radius 1 is 0.944 bits per heavy atom. The first kappa shape index (κ1) is 13.7. The van der Waals surface area contributed by atoms with Crippen molar-refractivity contribution < 1.29 is 13.2 Å². The molecule has 1 unspecified atom stereocenters. The van der Waals surface area contributed by atoms with E-state index >= 15 is 0 Å². The summed E-state index contributed by atoms with van der Waals surface area (Å²) in [4.78, 5) is 0. The summed E-state index contributed by atoms with van der Waals surface area (Å²) in [7, 11) is 0. The Morgan fingerprint density at radius 2 is 1.61 bits per heavy atom. The number of alkyl halides is 1. The van der Waals surface area contributed by atoms with Gasteiger partial charge in [-0.15, -0.1) is 11.6 Å². The maximum absolute atomic E-state index is 13.6. The van der Waals surface area contributed by atoms with Gasteiger partial charge in [-0.05, 0) is 46.4 Å². The molecule has 0 amide bonds. The first-order chi connectivity index (χ1) is 8.49. The molecule has 2 aromatic rings. The molecule has 0 spiro atoms. The van der Waals surface area contributed by atoms with Crippen LogP contribution in [0.4, 0.5) is 13.2 Å². The van der Waals surface area contributed by atoms with Crippen molar-refractivity contribution in [1.29, 1.82) is 0 Å². The second kappa shape index (κ2) is 5.48. The van der Waals surface area contributed by atoms with Gasteiger partial charge in [-0.3, -0.25) is 0 Å². The topological polar surface area (TPSA) is 0 Å². The number of halogens is 5. The van der Waals surface area contributed by atoms with Crippen LogP contribution in [0.1, 0.15) is 16.5 Å². The van der Waals surface area contributed by atoms with Gasteiger partial charge < -0.3 is 0 Å². The largest absolute Gasteiger partial charge is 0.207 e. The first-order valence-corrected chi connectivity index (χ1v) is 6.54. The lowest BCUT2D eigenvalue weighted by Crippen LogP contribution is -2.00. The Balaban J connectivity index is 2.46. The number of benzene rings is 2. The summed E-state index contributed by atoms with van der Waals surface area (Å²) in [6.07, 6.45) is 0. The molecule has 5 heteroatoms. The van der Waals surface area contributed by atoms with Crippen molar-refractivity contribution in [2.75, 3.05) is 0 Å². The molecule has 94 valence electrons. The van der Waals surface area contributed by atoms with E-state index in [1.54, 1.807) is 18.2 Å². The lowest BCUT2D eigenvalue weighted by Gasteiger charge is -2.12. The van der Waals surface area contributed by atoms with Gasteiger partial charge in [0.25, 0.3) is 0 Å². The van der Waals surface area contributed by atoms with Crippen molar-refractivity contribution in [2.45, 2.75) is 5.38 Å². The van der Waals surface area contributed by atoms with Gasteiger partial charge in [0.2, 0.25) is 0 Å². The zero-order valence-corrected chi connectivity index (χ0v) is 11.8. The molecule has 18 heavy (non-hydrogen) atoms. The van der Waals surface area contributed by atoms with Gasteiger partial charge in [-0.25, -0.2) is 13.2 Å². The fourth-order valence-electron chi connectivity index (χ4n) is 1.58. The molecule has 0 N–H and O–H groups in total. The van der Waals surface area contributed by atoms with Crippen LogP contribution >= 0.6 is 34.2 Å². The zero-order chi connectivity index (χ0) is 13.3. The minimum atomic E-state index is -1.22. The monoisotopic (exact) mass is 382 g/mol. The molecule has 0 heterocycles. The predicted molar refractivity (Wildman–Crippen MR) is 73.2 cm³/mol. The second-order valence-electron chi connectivity index (χ2n) is 3.71. The highest BCUT2D eigenvalue weighted by molar-refractivity contribution is 14.1. The molecule has 0 fully saturated rings. The van der Waals surface area contributed by atoms with E-state index in [1.807, 2.05) is 6.07 Å². The van der Waals surface area contributed by atoms with Gasteiger partial charge in [0, 0.05) is 15.2 Å². The average Bonchev–Trinajstić information content (AvgIpc) is 2.33. The van der Waals surface area contributed by atoms with Crippen LogP contribution in [-0.4, -0.2) is 0 Å². The summed E-state index contributed by atoms with van der Waals surface area (Å²) in [5.41, 5.74) is 0.561. The molecule has 0 saturated carbocycles. The maximum Gasteiger partial charge on any atom is 0.161 e. The standard InChI is InChI=1S/C13H7ClF3I/c14-13(7-2-1-3-8(18)4-7)9-5-11(16)12(17)6-10(9)15/h1-6,13H. The Kier molecular flexibility index (Phi) is 4.17. The minimum absolute atomic E-state index is 0.0717. The third-order valence-corrected chi connectivity index (χ3v) is 3.61. The molecule has 2 rings (SSSR count). The fraction of sp³-hybridized carbons (Fsp3) is 0.0769. The van der Waals surface area contributed by atoms with E-state index in [2.05, 4.69) is 22.6 Å². The zero-order valence-electron chi connectivity index (χ0n) is 8.93. The molecule has 0 aromatic heterocycles. The normalized spacial score (nSPS) is 12.5. The summed E-state index contributed by atoms with van der Waals surface area (Å²) < 4.78 is 40.4. The first-order valence-electron chi connectivity index (χ1n) is 5.03. The summed E-state index contributed by atoms with van der Waals surface area (Å²) >= 11 is 8.19. The summed E-state index contributed by atoms with van der Waals surface area (Å²) in [5.74, 6) is -3.18. The SMILES string of the molecule is Fc1cc(F)c(C(Cl)c2cccc(I)c2)cc1F. The smallest absolute Gasteiger partial charge is 0.161 e. The van der Waals surface area contributed by atoms with Crippen molar-refractivity contribution in [3.8, 4) is 0 Å². The Morgan fingerprint density at radius 3 is 2.28 bits per heavy atom. The molecular weight excluding hydrogens is 375 g/mol. The molecule has 1 atom stereocenters. The number of hydrogen-bond acceptors (Lipinski definition) is 0. The van der Waals surface area contributed by atoms with E-state index in [1.165, 1.54) is 0 Å². The highest BCUT2D eigenvalue weighted by Gasteiger charge is 2.18. The van der Waals surface area contributed by atoms with E-state index in [4.69, 9.17) is 11.6 Å².